The molecule has 0 aliphatic rings. The van der Waals surface area contributed by atoms with E-state index in [1.807, 2.05) is 24.8 Å². The molecule has 0 heterocycles. The van der Waals surface area contributed by atoms with E-state index in [0.717, 1.165) is 35.6 Å². The summed E-state index contributed by atoms with van der Waals surface area (Å²) in [5.74, 6) is 2.32. The first-order chi connectivity index (χ1) is 8.66. The largest absolute Gasteiger partial charge is 0.313 e. The van der Waals surface area contributed by atoms with Crippen molar-refractivity contribution in [2.24, 2.45) is 0 Å². The summed E-state index contributed by atoms with van der Waals surface area (Å²) in [5.41, 5.74) is 1.97. The standard InChI is InChI=1S/C13H20N2O2S/c1-3-18-9-5-8-14-10-12-6-4-7-13(11(12)2)15(16)17/h4,6-7,14H,3,5,8-10H2,1-2H3. The van der Waals surface area contributed by atoms with Gasteiger partial charge in [0.2, 0.25) is 0 Å². The predicted octanol–water partition coefficient (Wildman–Crippen LogP) is 3.14. The van der Waals surface area contributed by atoms with Gasteiger partial charge in [0.15, 0.2) is 0 Å². The number of hydrogen-bond donors (Lipinski definition) is 1. The maximum Gasteiger partial charge on any atom is 0.272 e. The first-order valence-electron chi connectivity index (χ1n) is 6.18. The van der Waals surface area contributed by atoms with E-state index in [1.165, 1.54) is 0 Å². The molecule has 0 aliphatic carbocycles. The molecule has 0 radical (unpaired) electrons. The van der Waals surface area contributed by atoms with Crippen LogP contribution in [0.2, 0.25) is 0 Å². The van der Waals surface area contributed by atoms with Crippen molar-refractivity contribution < 1.29 is 4.92 Å². The maximum atomic E-state index is 10.8. The van der Waals surface area contributed by atoms with Gasteiger partial charge in [0, 0.05) is 18.2 Å². The van der Waals surface area contributed by atoms with Crippen LogP contribution in [0.3, 0.4) is 0 Å². The SMILES string of the molecule is CCSCCCNCc1cccc([N+](=O)[O-])c1C. The van der Waals surface area contributed by atoms with Gasteiger partial charge >= 0.3 is 0 Å². The summed E-state index contributed by atoms with van der Waals surface area (Å²) in [5, 5.41) is 14.1. The second kappa shape index (κ2) is 8.11. The highest BCUT2D eigenvalue weighted by Gasteiger charge is 2.12. The molecule has 1 rings (SSSR count). The van der Waals surface area contributed by atoms with Crippen LogP contribution in [-0.4, -0.2) is 23.0 Å². The molecule has 1 aromatic carbocycles. The molecule has 18 heavy (non-hydrogen) atoms. The number of nitro benzene ring substituents is 1. The summed E-state index contributed by atoms with van der Waals surface area (Å²) in [6.07, 6.45) is 1.13. The minimum Gasteiger partial charge on any atom is -0.313 e. The van der Waals surface area contributed by atoms with E-state index in [2.05, 4.69) is 12.2 Å². The van der Waals surface area contributed by atoms with Crippen molar-refractivity contribution in [2.75, 3.05) is 18.1 Å². The molecule has 0 atom stereocenters. The fourth-order valence-corrected chi connectivity index (χ4v) is 2.36. The monoisotopic (exact) mass is 268 g/mol. The van der Waals surface area contributed by atoms with Crippen molar-refractivity contribution in [3.05, 3.63) is 39.4 Å². The number of nitro groups is 1. The lowest BCUT2D eigenvalue weighted by atomic mass is 10.1. The highest BCUT2D eigenvalue weighted by Crippen LogP contribution is 2.20. The molecular formula is C13H20N2O2S. The smallest absolute Gasteiger partial charge is 0.272 e. The van der Waals surface area contributed by atoms with Crippen molar-refractivity contribution in [1.29, 1.82) is 0 Å². The quantitative estimate of drug-likeness (QED) is 0.447. The number of nitrogens with one attached hydrogen (secondary N) is 1. The molecule has 5 heteroatoms. The maximum absolute atomic E-state index is 10.8. The van der Waals surface area contributed by atoms with Crippen LogP contribution in [0.15, 0.2) is 18.2 Å². The van der Waals surface area contributed by atoms with Gasteiger partial charge in [-0.15, -0.1) is 0 Å². The van der Waals surface area contributed by atoms with Crippen molar-refractivity contribution >= 4 is 17.4 Å². The number of nitrogens with zero attached hydrogens (tertiary/aromatic N) is 1. The summed E-state index contributed by atoms with van der Waals surface area (Å²) in [7, 11) is 0. The second-order valence-electron chi connectivity index (χ2n) is 4.05. The number of benzene rings is 1. The number of rotatable bonds is 8. The fourth-order valence-electron chi connectivity index (χ4n) is 1.73. The lowest BCUT2D eigenvalue weighted by Crippen LogP contribution is -2.16. The molecule has 100 valence electrons. The normalized spacial score (nSPS) is 10.6. The predicted molar refractivity (Wildman–Crippen MR) is 77.2 cm³/mol. The zero-order valence-electron chi connectivity index (χ0n) is 10.9. The van der Waals surface area contributed by atoms with E-state index in [9.17, 15) is 10.1 Å². The Labute approximate surface area is 112 Å². The van der Waals surface area contributed by atoms with E-state index in [0.29, 0.717) is 6.54 Å². The Morgan fingerprint density at radius 2 is 2.22 bits per heavy atom. The molecule has 0 fully saturated rings. The van der Waals surface area contributed by atoms with Crippen LogP contribution in [0.25, 0.3) is 0 Å². The summed E-state index contributed by atoms with van der Waals surface area (Å²) in [6, 6.07) is 5.24. The average molecular weight is 268 g/mol. The van der Waals surface area contributed by atoms with Crippen LogP contribution in [0.1, 0.15) is 24.5 Å². The van der Waals surface area contributed by atoms with Gasteiger partial charge in [-0.2, -0.15) is 11.8 Å². The molecule has 0 unspecified atom stereocenters. The zero-order valence-corrected chi connectivity index (χ0v) is 11.8. The van der Waals surface area contributed by atoms with Crippen LogP contribution in [-0.2, 0) is 6.54 Å². The van der Waals surface area contributed by atoms with Gasteiger partial charge in [0.05, 0.1) is 4.92 Å². The Morgan fingerprint density at radius 1 is 1.44 bits per heavy atom. The number of thioether (sulfide) groups is 1. The van der Waals surface area contributed by atoms with Gasteiger partial charge in [0.25, 0.3) is 5.69 Å². The summed E-state index contributed by atoms with van der Waals surface area (Å²) < 4.78 is 0. The Balaban J connectivity index is 2.43. The third-order valence-corrected chi connectivity index (χ3v) is 3.76. The molecule has 0 spiro atoms. The van der Waals surface area contributed by atoms with Crippen molar-refractivity contribution in [2.45, 2.75) is 26.8 Å². The Bertz CT molecular complexity index is 397. The highest BCUT2D eigenvalue weighted by atomic mass is 32.2. The van der Waals surface area contributed by atoms with Gasteiger partial charge in [-0.3, -0.25) is 10.1 Å². The van der Waals surface area contributed by atoms with Gasteiger partial charge in [-0.25, -0.2) is 0 Å². The summed E-state index contributed by atoms with van der Waals surface area (Å²) >= 11 is 1.93. The molecule has 0 bridgehead atoms. The van der Waals surface area contributed by atoms with Crippen molar-refractivity contribution in [1.82, 2.24) is 5.32 Å². The first kappa shape index (κ1) is 15.0. The van der Waals surface area contributed by atoms with E-state index in [4.69, 9.17) is 0 Å². The molecule has 1 N–H and O–H groups in total. The van der Waals surface area contributed by atoms with Crippen molar-refractivity contribution in [3.63, 3.8) is 0 Å². The van der Waals surface area contributed by atoms with Gasteiger partial charge in [0.1, 0.15) is 0 Å². The van der Waals surface area contributed by atoms with Gasteiger partial charge in [-0.05, 0) is 37.0 Å². The molecule has 0 amide bonds. The Kier molecular flexibility index (Phi) is 6.75. The van der Waals surface area contributed by atoms with Crippen LogP contribution in [0, 0.1) is 17.0 Å². The van der Waals surface area contributed by atoms with Crippen LogP contribution in [0.4, 0.5) is 5.69 Å². The van der Waals surface area contributed by atoms with Crippen LogP contribution < -0.4 is 5.32 Å². The average Bonchev–Trinajstić information content (AvgIpc) is 2.35. The van der Waals surface area contributed by atoms with Gasteiger partial charge in [-0.1, -0.05) is 19.1 Å². The molecular weight excluding hydrogens is 248 g/mol. The number of hydrogen-bond acceptors (Lipinski definition) is 4. The third-order valence-electron chi connectivity index (χ3n) is 2.78. The zero-order chi connectivity index (χ0) is 13.4. The second-order valence-corrected chi connectivity index (χ2v) is 5.44. The molecule has 0 aromatic heterocycles. The van der Waals surface area contributed by atoms with Crippen LogP contribution in [0.5, 0.6) is 0 Å². The van der Waals surface area contributed by atoms with Gasteiger partial charge < -0.3 is 5.32 Å². The summed E-state index contributed by atoms with van der Waals surface area (Å²) in [6.45, 7) is 5.62. The lowest BCUT2D eigenvalue weighted by molar-refractivity contribution is -0.385. The van der Waals surface area contributed by atoms with Crippen LogP contribution >= 0.6 is 11.8 Å². The lowest BCUT2D eigenvalue weighted by Gasteiger charge is -2.07. The van der Waals surface area contributed by atoms with E-state index < -0.39 is 0 Å². The highest BCUT2D eigenvalue weighted by molar-refractivity contribution is 7.99. The third kappa shape index (κ3) is 4.66. The summed E-state index contributed by atoms with van der Waals surface area (Å²) in [4.78, 5) is 10.5. The molecule has 0 saturated carbocycles. The molecule has 4 nitrogen and oxygen atoms in total. The van der Waals surface area contributed by atoms with E-state index >= 15 is 0 Å². The topological polar surface area (TPSA) is 55.2 Å². The minimum absolute atomic E-state index is 0.204. The minimum atomic E-state index is -0.323. The van der Waals surface area contributed by atoms with E-state index in [1.54, 1.807) is 12.1 Å². The molecule has 0 saturated heterocycles. The van der Waals surface area contributed by atoms with E-state index in [-0.39, 0.29) is 10.6 Å². The molecule has 0 aliphatic heterocycles. The fraction of sp³-hybridized carbons (Fsp3) is 0.538. The first-order valence-corrected chi connectivity index (χ1v) is 7.33. The van der Waals surface area contributed by atoms with Crippen molar-refractivity contribution in [3.8, 4) is 0 Å². The Morgan fingerprint density at radius 3 is 2.89 bits per heavy atom. The molecule has 1 aromatic rings. The Hall–Kier alpha value is -1.07.